The van der Waals surface area contributed by atoms with E-state index in [1.54, 1.807) is 12.1 Å². The van der Waals surface area contributed by atoms with Gasteiger partial charge in [-0.05, 0) is 47.5 Å². The Morgan fingerprint density at radius 1 is 1.37 bits per heavy atom. The van der Waals surface area contributed by atoms with Gasteiger partial charge in [0, 0.05) is 16.2 Å². The molecule has 19 heavy (non-hydrogen) atoms. The highest BCUT2D eigenvalue weighted by Crippen LogP contribution is 2.24. The van der Waals surface area contributed by atoms with Gasteiger partial charge in [0.15, 0.2) is 0 Å². The van der Waals surface area contributed by atoms with Gasteiger partial charge in [-0.2, -0.15) is 0 Å². The molecule has 0 saturated heterocycles. The zero-order valence-electron chi connectivity index (χ0n) is 11.3. The van der Waals surface area contributed by atoms with Crippen LogP contribution in [0.4, 0.5) is 5.69 Å². The third-order valence-corrected chi connectivity index (χ3v) is 5.41. The number of hydrogen-bond donors (Lipinski definition) is 2. The first-order valence-electron chi connectivity index (χ1n) is 6.44. The fourth-order valence-electron chi connectivity index (χ4n) is 1.82. The number of nitrogens with two attached hydrogens (primary N) is 1. The Kier molecular flexibility index (Phi) is 6.29. The molecule has 0 aliphatic rings. The molecule has 0 radical (unpaired) electrons. The van der Waals surface area contributed by atoms with Crippen LogP contribution in [0.25, 0.3) is 0 Å². The molecule has 1 aromatic carbocycles. The van der Waals surface area contributed by atoms with Crippen molar-refractivity contribution in [1.82, 2.24) is 4.72 Å². The van der Waals surface area contributed by atoms with Crippen LogP contribution >= 0.6 is 15.9 Å². The van der Waals surface area contributed by atoms with Crippen molar-refractivity contribution in [2.24, 2.45) is 0 Å². The molecule has 0 spiro atoms. The molecule has 4 nitrogen and oxygen atoms in total. The highest BCUT2D eigenvalue weighted by molar-refractivity contribution is 9.10. The van der Waals surface area contributed by atoms with Gasteiger partial charge in [0.2, 0.25) is 10.0 Å². The van der Waals surface area contributed by atoms with Crippen LogP contribution in [0.15, 0.2) is 27.6 Å². The van der Waals surface area contributed by atoms with Crippen LogP contribution in [-0.2, 0) is 10.0 Å². The van der Waals surface area contributed by atoms with Gasteiger partial charge in [-0.3, -0.25) is 0 Å². The lowest BCUT2D eigenvalue weighted by molar-refractivity contribution is 0.527. The Morgan fingerprint density at radius 3 is 2.63 bits per heavy atom. The maximum atomic E-state index is 12.2. The summed E-state index contributed by atoms with van der Waals surface area (Å²) in [5.74, 6) is 0. The molecule has 0 aromatic heterocycles. The van der Waals surface area contributed by atoms with Gasteiger partial charge in [0.1, 0.15) is 0 Å². The second-order valence-corrected chi connectivity index (χ2v) is 7.24. The number of benzene rings is 1. The maximum absolute atomic E-state index is 12.2. The lowest BCUT2D eigenvalue weighted by Gasteiger charge is -2.15. The van der Waals surface area contributed by atoms with E-state index >= 15 is 0 Å². The predicted molar refractivity (Wildman–Crippen MR) is 82.5 cm³/mol. The third-order valence-electron chi connectivity index (χ3n) is 2.84. The molecule has 0 amide bonds. The monoisotopic (exact) mass is 348 g/mol. The predicted octanol–water partition coefficient (Wildman–Crippen LogP) is 3.28. The van der Waals surface area contributed by atoms with Crippen LogP contribution in [0, 0.1) is 0 Å². The summed E-state index contributed by atoms with van der Waals surface area (Å²) in [5.41, 5.74) is 6.14. The standard InChI is InChI=1S/C13H21BrN2O2S/c1-3-4-5-6-10(2)16-19(17,18)13-8-7-11(15)9-12(13)14/h7-10,16H,3-6,15H2,1-2H3. The average molecular weight is 349 g/mol. The summed E-state index contributed by atoms with van der Waals surface area (Å²) in [6, 6.07) is 4.62. The quantitative estimate of drug-likeness (QED) is 0.586. The van der Waals surface area contributed by atoms with Gasteiger partial charge < -0.3 is 5.73 Å². The Bertz CT molecular complexity index is 517. The third kappa shape index (κ3) is 5.12. The van der Waals surface area contributed by atoms with Crippen molar-refractivity contribution < 1.29 is 8.42 Å². The summed E-state index contributed by atoms with van der Waals surface area (Å²) >= 11 is 3.24. The van der Waals surface area contributed by atoms with E-state index in [1.165, 1.54) is 6.07 Å². The number of nitrogen functional groups attached to an aromatic ring is 1. The van der Waals surface area contributed by atoms with Gasteiger partial charge >= 0.3 is 0 Å². The van der Waals surface area contributed by atoms with Gasteiger partial charge in [0.25, 0.3) is 0 Å². The zero-order chi connectivity index (χ0) is 14.5. The second-order valence-electron chi connectivity index (χ2n) is 4.71. The van der Waals surface area contributed by atoms with Crippen molar-refractivity contribution >= 4 is 31.6 Å². The van der Waals surface area contributed by atoms with E-state index < -0.39 is 10.0 Å². The number of nitrogens with one attached hydrogen (secondary N) is 1. The Balaban J connectivity index is 2.75. The lowest BCUT2D eigenvalue weighted by Crippen LogP contribution is -2.32. The molecule has 108 valence electrons. The summed E-state index contributed by atoms with van der Waals surface area (Å²) in [6.45, 7) is 4.01. The second kappa shape index (κ2) is 7.26. The number of sulfonamides is 1. The van der Waals surface area contributed by atoms with Crippen LogP contribution in [0.1, 0.15) is 39.5 Å². The fraction of sp³-hybridized carbons (Fsp3) is 0.538. The largest absolute Gasteiger partial charge is 0.399 e. The van der Waals surface area contributed by atoms with Crippen molar-refractivity contribution in [2.45, 2.75) is 50.5 Å². The number of halogens is 1. The molecule has 0 saturated carbocycles. The molecule has 1 rings (SSSR count). The summed E-state index contributed by atoms with van der Waals surface area (Å²) < 4.78 is 27.6. The average Bonchev–Trinajstić information content (AvgIpc) is 2.27. The van der Waals surface area contributed by atoms with Gasteiger partial charge in [-0.25, -0.2) is 13.1 Å². The lowest BCUT2D eigenvalue weighted by atomic mass is 10.1. The van der Waals surface area contributed by atoms with E-state index in [0.717, 1.165) is 25.7 Å². The number of anilines is 1. The summed E-state index contributed by atoms with van der Waals surface area (Å²) in [4.78, 5) is 0.226. The molecule has 1 aromatic rings. The highest BCUT2D eigenvalue weighted by Gasteiger charge is 2.19. The molecule has 0 aliphatic carbocycles. The van der Waals surface area contributed by atoms with Crippen LogP contribution < -0.4 is 10.5 Å². The van der Waals surface area contributed by atoms with Gasteiger partial charge in [0.05, 0.1) is 4.90 Å². The van der Waals surface area contributed by atoms with Crippen molar-refractivity contribution in [2.75, 3.05) is 5.73 Å². The molecule has 0 fully saturated rings. The molecule has 3 N–H and O–H groups in total. The minimum absolute atomic E-state index is 0.0685. The zero-order valence-corrected chi connectivity index (χ0v) is 13.7. The first-order chi connectivity index (χ1) is 8.86. The van der Waals surface area contributed by atoms with E-state index in [-0.39, 0.29) is 10.9 Å². The molecule has 0 aliphatic heterocycles. The van der Waals surface area contributed by atoms with Crippen LogP contribution in [0.3, 0.4) is 0 Å². The van der Waals surface area contributed by atoms with Crippen LogP contribution in [-0.4, -0.2) is 14.5 Å². The van der Waals surface area contributed by atoms with E-state index in [4.69, 9.17) is 5.73 Å². The Morgan fingerprint density at radius 2 is 2.05 bits per heavy atom. The van der Waals surface area contributed by atoms with Crippen molar-refractivity contribution in [3.8, 4) is 0 Å². The van der Waals surface area contributed by atoms with Crippen LogP contribution in [0.5, 0.6) is 0 Å². The molecular weight excluding hydrogens is 328 g/mol. The van der Waals surface area contributed by atoms with E-state index in [0.29, 0.717) is 10.2 Å². The first-order valence-corrected chi connectivity index (χ1v) is 8.71. The van der Waals surface area contributed by atoms with Gasteiger partial charge in [-0.15, -0.1) is 0 Å². The minimum Gasteiger partial charge on any atom is -0.399 e. The molecular formula is C13H21BrN2O2S. The first kappa shape index (κ1) is 16.5. The molecule has 1 atom stereocenters. The fourth-order valence-corrected chi connectivity index (χ4v) is 4.20. The topological polar surface area (TPSA) is 72.2 Å². The van der Waals surface area contributed by atoms with E-state index in [9.17, 15) is 8.42 Å². The minimum atomic E-state index is -3.50. The molecule has 0 heterocycles. The van der Waals surface area contributed by atoms with E-state index in [2.05, 4.69) is 27.6 Å². The summed E-state index contributed by atoms with van der Waals surface area (Å²) in [7, 11) is -3.50. The Labute approximate surface area is 124 Å². The Hall–Kier alpha value is -0.590. The van der Waals surface area contributed by atoms with Gasteiger partial charge in [-0.1, -0.05) is 26.2 Å². The van der Waals surface area contributed by atoms with Crippen LogP contribution in [0.2, 0.25) is 0 Å². The van der Waals surface area contributed by atoms with E-state index in [1.807, 2.05) is 6.92 Å². The molecule has 0 bridgehead atoms. The smallest absolute Gasteiger partial charge is 0.241 e. The SMILES string of the molecule is CCCCCC(C)NS(=O)(=O)c1ccc(N)cc1Br. The highest BCUT2D eigenvalue weighted by atomic mass is 79.9. The molecule has 1 unspecified atom stereocenters. The van der Waals surface area contributed by atoms with Crippen molar-refractivity contribution in [3.63, 3.8) is 0 Å². The number of hydrogen-bond acceptors (Lipinski definition) is 3. The van der Waals surface area contributed by atoms with Crippen molar-refractivity contribution in [3.05, 3.63) is 22.7 Å². The molecule has 6 heteroatoms. The summed E-state index contributed by atoms with van der Waals surface area (Å²) in [5, 5.41) is 0. The number of unbranched alkanes of at least 4 members (excludes halogenated alkanes) is 2. The normalized spacial score (nSPS) is 13.4. The number of rotatable bonds is 7. The maximum Gasteiger partial charge on any atom is 0.241 e. The van der Waals surface area contributed by atoms with Crippen molar-refractivity contribution in [1.29, 1.82) is 0 Å². The summed E-state index contributed by atoms with van der Waals surface area (Å²) in [6.07, 6.45) is 4.13.